The number of carbonyl (C=O) groups excluding carboxylic acids is 2. The second-order valence-electron chi connectivity index (χ2n) is 7.05. The third kappa shape index (κ3) is 3.50. The molecule has 0 aliphatic carbocycles. The Bertz CT molecular complexity index is 1310. The maximum atomic E-state index is 13.4. The molecule has 154 valence electrons. The standard InChI is InChI=1S/C24H17FN2O4/c25-16-6-4-15(5-7-16)19-14-18-3-1-2-10-27(18)22(19)23(28)24(29)26-17-8-9-20-21(13-17)31-12-11-30-20/h1-10,13-14H,11-12H2,(H,26,29). The summed E-state index contributed by atoms with van der Waals surface area (Å²) in [4.78, 5) is 26.1. The summed E-state index contributed by atoms with van der Waals surface area (Å²) in [5.74, 6) is -0.774. The van der Waals surface area contributed by atoms with Crippen LogP contribution in [0.2, 0.25) is 0 Å². The van der Waals surface area contributed by atoms with E-state index in [1.54, 1.807) is 53.1 Å². The Morgan fingerprint density at radius 2 is 1.68 bits per heavy atom. The number of hydrogen-bond donors (Lipinski definition) is 1. The highest BCUT2D eigenvalue weighted by Gasteiger charge is 2.25. The van der Waals surface area contributed by atoms with Crippen LogP contribution < -0.4 is 14.8 Å². The van der Waals surface area contributed by atoms with Crippen molar-refractivity contribution in [2.45, 2.75) is 0 Å². The number of benzene rings is 2. The zero-order valence-corrected chi connectivity index (χ0v) is 16.3. The van der Waals surface area contributed by atoms with E-state index in [4.69, 9.17) is 9.47 Å². The van der Waals surface area contributed by atoms with E-state index in [-0.39, 0.29) is 11.5 Å². The van der Waals surface area contributed by atoms with Gasteiger partial charge in [-0.3, -0.25) is 9.59 Å². The van der Waals surface area contributed by atoms with Gasteiger partial charge >= 0.3 is 0 Å². The van der Waals surface area contributed by atoms with E-state index >= 15 is 0 Å². The lowest BCUT2D eigenvalue weighted by Crippen LogP contribution is -2.25. The van der Waals surface area contributed by atoms with Gasteiger partial charge in [0.25, 0.3) is 11.7 Å². The van der Waals surface area contributed by atoms with E-state index in [0.29, 0.717) is 41.5 Å². The van der Waals surface area contributed by atoms with Crippen molar-refractivity contribution in [2.24, 2.45) is 0 Å². The molecule has 0 atom stereocenters. The van der Waals surface area contributed by atoms with Crippen molar-refractivity contribution < 1.29 is 23.5 Å². The summed E-state index contributed by atoms with van der Waals surface area (Å²) in [6.45, 7) is 0.880. The fraction of sp³-hybridized carbons (Fsp3) is 0.0833. The van der Waals surface area contributed by atoms with Crippen LogP contribution in [-0.2, 0) is 4.79 Å². The summed E-state index contributed by atoms with van der Waals surface area (Å²) in [6.07, 6.45) is 1.72. The zero-order chi connectivity index (χ0) is 21.4. The number of ketones is 1. The van der Waals surface area contributed by atoms with Gasteiger partial charge in [0.1, 0.15) is 24.7 Å². The van der Waals surface area contributed by atoms with Crippen molar-refractivity contribution in [3.05, 3.63) is 84.4 Å². The van der Waals surface area contributed by atoms with Crippen molar-refractivity contribution in [3.8, 4) is 22.6 Å². The van der Waals surface area contributed by atoms with Crippen LogP contribution in [0.15, 0.2) is 72.9 Å². The quantitative estimate of drug-likeness (QED) is 0.397. The minimum Gasteiger partial charge on any atom is -0.486 e. The number of nitrogens with one attached hydrogen (secondary N) is 1. The number of Topliss-reactive ketones (excluding diaryl/α,β-unsaturated/α-hetero) is 1. The van der Waals surface area contributed by atoms with Gasteiger partial charge in [0.15, 0.2) is 11.5 Å². The maximum Gasteiger partial charge on any atom is 0.298 e. The monoisotopic (exact) mass is 416 g/mol. The first-order valence-electron chi connectivity index (χ1n) is 9.71. The van der Waals surface area contributed by atoms with Crippen molar-refractivity contribution >= 4 is 22.9 Å². The molecule has 31 heavy (non-hydrogen) atoms. The van der Waals surface area contributed by atoms with Crippen molar-refractivity contribution in [2.75, 3.05) is 18.5 Å². The third-order valence-electron chi connectivity index (χ3n) is 5.06. The van der Waals surface area contributed by atoms with E-state index < -0.39 is 11.7 Å². The lowest BCUT2D eigenvalue weighted by atomic mass is 10.0. The third-order valence-corrected chi connectivity index (χ3v) is 5.06. The topological polar surface area (TPSA) is 69.0 Å². The van der Waals surface area contributed by atoms with E-state index in [0.717, 1.165) is 5.52 Å². The summed E-state index contributed by atoms with van der Waals surface area (Å²) >= 11 is 0. The zero-order valence-electron chi connectivity index (χ0n) is 16.3. The minimum atomic E-state index is -0.788. The molecule has 7 heteroatoms. The first-order valence-corrected chi connectivity index (χ1v) is 9.71. The number of rotatable bonds is 4. The number of aromatic nitrogens is 1. The van der Waals surface area contributed by atoms with Crippen molar-refractivity contribution in [3.63, 3.8) is 0 Å². The number of ether oxygens (including phenoxy) is 2. The number of carbonyl (C=O) groups is 2. The summed E-state index contributed by atoms with van der Waals surface area (Å²) in [6, 6.07) is 18.0. The molecule has 0 spiro atoms. The second-order valence-corrected chi connectivity index (χ2v) is 7.05. The molecule has 3 heterocycles. The molecule has 1 amide bonds. The molecule has 0 saturated heterocycles. The van der Waals surface area contributed by atoms with Gasteiger partial charge in [0.05, 0.1) is 0 Å². The first-order chi connectivity index (χ1) is 15.1. The van der Waals surface area contributed by atoms with Crippen LogP contribution in [0.5, 0.6) is 11.5 Å². The fourth-order valence-electron chi connectivity index (χ4n) is 3.62. The van der Waals surface area contributed by atoms with Gasteiger partial charge < -0.3 is 19.2 Å². The van der Waals surface area contributed by atoms with Crippen LogP contribution in [0.25, 0.3) is 16.6 Å². The summed E-state index contributed by atoms with van der Waals surface area (Å²) in [5, 5.41) is 2.64. The average Bonchev–Trinajstić information content (AvgIpc) is 3.18. The number of halogens is 1. The minimum absolute atomic E-state index is 0.206. The smallest absolute Gasteiger partial charge is 0.298 e. The number of amides is 1. The fourth-order valence-corrected chi connectivity index (χ4v) is 3.62. The molecule has 4 aromatic rings. The molecule has 0 radical (unpaired) electrons. The molecule has 2 aromatic carbocycles. The molecule has 1 N–H and O–H groups in total. The summed E-state index contributed by atoms with van der Waals surface area (Å²) in [7, 11) is 0. The SMILES string of the molecule is O=C(Nc1ccc2c(c1)OCCO2)C(=O)c1c(-c2ccc(F)cc2)cc2ccccn12. The van der Waals surface area contributed by atoms with Crippen molar-refractivity contribution in [1.82, 2.24) is 4.40 Å². The van der Waals surface area contributed by atoms with Gasteiger partial charge in [0, 0.05) is 29.0 Å². The number of fused-ring (bicyclic) bond motifs is 2. The highest BCUT2D eigenvalue weighted by Crippen LogP contribution is 2.33. The number of nitrogens with zero attached hydrogens (tertiary/aromatic N) is 1. The van der Waals surface area contributed by atoms with Crippen molar-refractivity contribution in [1.29, 1.82) is 0 Å². The van der Waals surface area contributed by atoms with Gasteiger partial charge in [-0.25, -0.2) is 4.39 Å². The van der Waals surface area contributed by atoms with E-state index in [9.17, 15) is 14.0 Å². The van der Waals surface area contributed by atoms with Crippen LogP contribution in [0.1, 0.15) is 10.5 Å². The van der Waals surface area contributed by atoms with Gasteiger partial charge in [-0.15, -0.1) is 0 Å². The van der Waals surface area contributed by atoms with Gasteiger partial charge in [0.2, 0.25) is 0 Å². The molecule has 1 aliphatic rings. The Morgan fingerprint density at radius 1 is 0.903 bits per heavy atom. The maximum absolute atomic E-state index is 13.4. The Balaban J connectivity index is 1.51. The van der Waals surface area contributed by atoms with Crippen LogP contribution >= 0.6 is 0 Å². The Hall–Kier alpha value is -4.13. The van der Waals surface area contributed by atoms with Gasteiger partial charge in [-0.2, -0.15) is 0 Å². The normalized spacial score (nSPS) is 12.5. The van der Waals surface area contributed by atoms with Crippen LogP contribution in [0.4, 0.5) is 10.1 Å². The first kappa shape index (κ1) is 18.9. The lowest BCUT2D eigenvalue weighted by molar-refractivity contribution is -0.112. The van der Waals surface area contributed by atoms with Gasteiger partial charge in [-0.1, -0.05) is 18.2 Å². The largest absolute Gasteiger partial charge is 0.486 e. The molecule has 1 aliphatic heterocycles. The van der Waals surface area contributed by atoms with E-state index in [1.807, 2.05) is 12.1 Å². The number of hydrogen-bond acceptors (Lipinski definition) is 4. The average molecular weight is 416 g/mol. The molecular formula is C24H17FN2O4. The predicted molar refractivity (Wildman–Crippen MR) is 113 cm³/mol. The molecule has 5 rings (SSSR count). The number of anilines is 1. The molecule has 0 fully saturated rings. The summed E-state index contributed by atoms with van der Waals surface area (Å²) in [5.41, 5.74) is 2.57. The Morgan fingerprint density at radius 3 is 2.48 bits per heavy atom. The van der Waals surface area contributed by atoms with Gasteiger partial charge in [-0.05, 0) is 48.0 Å². The molecule has 6 nitrogen and oxygen atoms in total. The second kappa shape index (κ2) is 7.60. The van der Waals surface area contributed by atoms with Crippen LogP contribution in [-0.4, -0.2) is 29.3 Å². The predicted octanol–water partition coefficient (Wildman–Crippen LogP) is 4.34. The Kier molecular flexibility index (Phi) is 4.63. The van der Waals surface area contributed by atoms with Crippen LogP contribution in [0, 0.1) is 5.82 Å². The Labute approximate surface area is 176 Å². The molecular weight excluding hydrogens is 399 g/mol. The molecule has 0 unspecified atom stereocenters. The molecule has 2 aromatic heterocycles. The van der Waals surface area contributed by atoms with E-state index in [2.05, 4.69) is 5.32 Å². The number of pyridine rings is 1. The van der Waals surface area contributed by atoms with E-state index in [1.165, 1.54) is 12.1 Å². The van der Waals surface area contributed by atoms with Crippen LogP contribution in [0.3, 0.4) is 0 Å². The molecule has 0 saturated carbocycles. The molecule has 0 bridgehead atoms. The highest BCUT2D eigenvalue weighted by molar-refractivity contribution is 6.47. The highest BCUT2D eigenvalue weighted by atomic mass is 19.1. The lowest BCUT2D eigenvalue weighted by Gasteiger charge is -2.18. The summed E-state index contributed by atoms with van der Waals surface area (Å²) < 4.78 is 26.1.